The topological polar surface area (TPSA) is 87.7 Å². The molecule has 0 bridgehead atoms. The van der Waals surface area contributed by atoms with Gasteiger partial charge < -0.3 is 5.32 Å². The van der Waals surface area contributed by atoms with E-state index in [-0.39, 0.29) is 11.5 Å². The van der Waals surface area contributed by atoms with Crippen molar-refractivity contribution in [1.82, 2.24) is 15.2 Å². The Morgan fingerprint density at radius 2 is 1.82 bits per heavy atom. The summed E-state index contributed by atoms with van der Waals surface area (Å²) in [5.41, 5.74) is 1.92. The third-order valence-corrected chi connectivity index (χ3v) is 3.03. The summed E-state index contributed by atoms with van der Waals surface area (Å²) < 4.78 is 0. The maximum absolute atomic E-state index is 12.2. The molecule has 0 saturated heterocycles. The number of para-hydroxylation sites is 1. The number of rotatable bonds is 3. The molecule has 0 spiro atoms. The van der Waals surface area contributed by atoms with E-state index in [0.29, 0.717) is 22.6 Å². The maximum atomic E-state index is 12.2. The number of aromatic nitrogens is 3. The average Bonchev–Trinajstić information content (AvgIpc) is 2.57. The third-order valence-electron chi connectivity index (χ3n) is 3.03. The number of benzene rings is 1. The molecule has 22 heavy (non-hydrogen) atoms. The van der Waals surface area contributed by atoms with Crippen molar-refractivity contribution in [3.63, 3.8) is 0 Å². The third kappa shape index (κ3) is 2.90. The number of anilines is 1. The van der Waals surface area contributed by atoms with Crippen molar-refractivity contribution in [2.45, 2.75) is 0 Å². The Kier molecular flexibility index (Phi) is 3.74. The Hall–Kier alpha value is -3.28. The maximum Gasteiger partial charge on any atom is 0.274 e. The fraction of sp³-hybridized carbons (Fsp3) is 0. The molecule has 0 unspecified atom stereocenters. The van der Waals surface area contributed by atoms with Gasteiger partial charge in [-0.05, 0) is 24.3 Å². The molecular weight excluding hydrogens is 280 g/mol. The summed E-state index contributed by atoms with van der Waals surface area (Å²) in [5, 5.41) is 9.17. The van der Waals surface area contributed by atoms with E-state index >= 15 is 0 Å². The summed E-state index contributed by atoms with van der Waals surface area (Å²) in [5.74, 6) is -0.308. The van der Waals surface area contributed by atoms with Crippen LogP contribution in [-0.4, -0.2) is 21.1 Å². The average molecular weight is 292 g/mol. The van der Waals surface area contributed by atoms with Crippen molar-refractivity contribution in [3.8, 4) is 11.3 Å². The van der Waals surface area contributed by atoms with Crippen molar-refractivity contribution in [2.75, 3.05) is 5.32 Å². The van der Waals surface area contributed by atoms with Crippen molar-refractivity contribution in [1.29, 1.82) is 0 Å². The first kappa shape index (κ1) is 13.7. The first-order chi connectivity index (χ1) is 10.7. The number of hydrogen-bond acceptors (Lipinski definition) is 4. The number of carbonyl (C=O) groups is 1. The number of amides is 1. The quantitative estimate of drug-likeness (QED) is 0.773. The molecule has 3 rings (SSSR count). The van der Waals surface area contributed by atoms with E-state index < -0.39 is 0 Å². The smallest absolute Gasteiger partial charge is 0.274 e. The molecule has 0 aliphatic carbocycles. The molecule has 2 heterocycles. The van der Waals surface area contributed by atoms with Crippen LogP contribution in [0.2, 0.25) is 0 Å². The van der Waals surface area contributed by atoms with Crippen LogP contribution < -0.4 is 10.9 Å². The van der Waals surface area contributed by atoms with Crippen LogP contribution in [0.25, 0.3) is 11.3 Å². The van der Waals surface area contributed by atoms with Crippen LogP contribution in [0, 0.1) is 0 Å². The van der Waals surface area contributed by atoms with Crippen molar-refractivity contribution in [2.24, 2.45) is 0 Å². The van der Waals surface area contributed by atoms with Crippen LogP contribution in [0.1, 0.15) is 10.5 Å². The van der Waals surface area contributed by atoms with E-state index in [2.05, 4.69) is 20.5 Å². The Labute approximate surface area is 125 Å². The van der Waals surface area contributed by atoms with Crippen LogP contribution >= 0.6 is 0 Å². The van der Waals surface area contributed by atoms with Gasteiger partial charge in [0, 0.05) is 17.8 Å². The largest absolute Gasteiger partial charge is 0.320 e. The summed E-state index contributed by atoms with van der Waals surface area (Å²) >= 11 is 0. The number of hydrogen-bond donors (Lipinski definition) is 2. The molecule has 2 aromatic heterocycles. The minimum atomic E-state index is -0.308. The molecule has 0 radical (unpaired) electrons. The fourth-order valence-corrected chi connectivity index (χ4v) is 1.99. The van der Waals surface area contributed by atoms with Crippen LogP contribution in [-0.2, 0) is 0 Å². The van der Waals surface area contributed by atoms with Gasteiger partial charge in [-0.25, -0.2) is 5.10 Å². The van der Waals surface area contributed by atoms with E-state index in [0.717, 1.165) is 0 Å². The van der Waals surface area contributed by atoms with Crippen LogP contribution in [0.3, 0.4) is 0 Å². The summed E-state index contributed by atoms with van der Waals surface area (Å²) in [7, 11) is 0. The molecule has 0 aliphatic heterocycles. The highest BCUT2D eigenvalue weighted by atomic mass is 16.2. The highest BCUT2D eigenvalue weighted by Gasteiger charge is 2.11. The highest BCUT2D eigenvalue weighted by Crippen LogP contribution is 2.25. The summed E-state index contributed by atoms with van der Waals surface area (Å²) in [6.45, 7) is 0. The van der Waals surface area contributed by atoms with Crippen molar-refractivity contribution < 1.29 is 4.79 Å². The van der Waals surface area contributed by atoms with E-state index in [1.54, 1.807) is 36.5 Å². The van der Waals surface area contributed by atoms with Crippen LogP contribution in [0.15, 0.2) is 65.6 Å². The predicted octanol–water partition coefficient (Wildman–Crippen LogP) is 2.08. The fourth-order valence-electron chi connectivity index (χ4n) is 1.99. The molecule has 0 aliphatic rings. The lowest BCUT2D eigenvalue weighted by Crippen LogP contribution is -2.14. The first-order valence-corrected chi connectivity index (χ1v) is 6.61. The number of nitrogens with one attached hydrogen (secondary N) is 2. The van der Waals surface area contributed by atoms with Gasteiger partial charge in [0.2, 0.25) is 0 Å². The summed E-state index contributed by atoms with van der Waals surface area (Å²) in [6, 6.07) is 15.3. The molecule has 1 amide bonds. The summed E-state index contributed by atoms with van der Waals surface area (Å²) in [4.78, 5) is 27.3. The SMILES string of the molecule is O=C(Nc1ccccc1-c1ccc(=O)[nH]n1)c1ccccn1. The molecule has 3 aromatic rings. The van der Waals surface area contributed by atoms with Gasteiger partial charge in [-0.2, -0.15) is 5.10 Å². The Bertz CT molecular complexity index is 839. The molecule has 108 valence electrons. The monoisotopic (exact) mass is 292 g/mol. The molecule has 2 N–H and O–H groups in total. The normalized spacial score (nSPS) is 10.2. The Morgan fingerprint density at radius 1 is 1.00 bits per heavy atom. The lowest BCUT2D eigenvalue weighted by Gasteiger charge is -2.10. The molecule has 6 nitrogen and oxygen atoms in total. The van der Waals surface area contributed by atoms with Gasteiger partial charge in [0.25, 0.3) is 11.5 Å². The minimum Gasteiger partial charge on any atom is -0.320 e. The highest BCUT2D eigenvalue weighted by molar-refractivity contribution is 6.04. The van der Waals surface area contributed by atoms with Gasteiger partial charge in [-0.1, -0.05) is 24.3 Å². The Balaban J connectivity index is 1.93. The lowest BCUT2D eigenvalue weighted by atomic mass is 10.1. The van der Waals surface area contributed by atoms with Gasteiger partial charge in [-0.3, -0.25) is 14.6 Å². The van der Waals surface area contributed by atoms with Gasteiger partial charge in [0.05, 0.1) is 11.4 Å². The number of nitrogens with zero attached hydrogens (tertiary/aromatic N) is 2. The number of H-pyrrole nitrogens is 1. The van der Waals surface area contributed by atoms with Gasteiger partial charge in [0.1, 0.15) is 5.69 Å². The van der Waals surface area contributed by atoms with Crippen molar-refractivity contribution in [3.05, 3.63) is 76.8 Å². The summed E-state index contributed by atoms with van der Waals surface area (Å²) in [6.07, 6.45) is 1.56. The number of aromatic amines is 1. The van der Waals surface area contributed by atoms with Crippen LogP contribution in [0.5, 0.6) is 0 Å². The number of carbonyl (C=O) groups excluding carboxylic acids is 1. The van der Waals surface area contributed by atoms with E-state index in [1.807, 2.05) is 18.2 Å². The van der Waals surface area contributed by atoms with Gasteiger partial charge in [0.15, 0.2) is 0 Å². The Morgan fingerprint density at radius 3 is 2.55 bits per heavy atom. The number of pyridine rings is 1. The minimum absolute atomic E-state index is 0.279. The molecular formula is C16H12N4O2. The van der Waals surface area contributed by atoms with E-state index in [9.17, 15) is 9.59 Å². The second-order valence-electron chi connectivity index (χ2n) is 4.52. The van der Waals surface area contributed by atoms with Crippen molar-refractivity contribution >= 4 is 11.6 Å². The molecule has 0 saturated carbocycles. The molecule has 0 atom stereocenters. The predicted molar refractivity (Wildman–Crippen MR) is 82.5 cm³/mol. The zero-order chi connectivity index (χ0) is 15.4. The first-order valence-electron chi connectivity index (χ1n) is 6.61. The second kappa shape index (κ2) is 6.01. The van der Waals surface area contributed by atoms with Gasteiger partial charge in [-0.15, -0.1) is 0 Å². The molecule has 1 aromatic carbocycles. The molecule has 0 fully saturated rings. The lowest BCUT2D eigenvalue weighted by molar-refractivity contribution is 0.102. The zero-order valence-electron chi connectivity index (χ0n) is 11.5. The standard InChI is InChI=1S/C16H12N4O2/c21-15-9-8-13(19-20-15)11-5-1-2-6-12(11)18-16(22)14-7-3-4-10-17-14/h1-10H,(H,18,22)(H,20,21). The van der Waals surface area contributed by atoms with Crippen LogP contribution in [0.4, 0.5) is 5.69 Å². The molecule has 6 heteroatoms. The van der Waals surface area contributed by atoms with Gasteiger partial charge >= 0.3 is 0 Å². The van der Waals surface area contributed by atoms with E-state index in [1.165, 1.54) is 6.07 Å². The second-order valence-corrected chi connectivity index (χ2v) is 4.52. The zero-order valence-corrected chi connectivity index (χ0v) is 11.5. The van der Waals surface area contributed by atoms with E-state index in [4.69, 9.17) is 0 Å².